The monoisotopic (exact) mass is 249 g/mol. The van der Waals surface area contributed by atoms with Crippen molar-refractivity contribution in [2.75, 3.05) is 19.7 Å². The van der Waals surface area contributed by atoms with Crippen molar-refractivity contribution in [3.63, 3.8) is 0 Å². The van der Waals surface area contributed by atoms with Gasteiger partial charge in [-0.2, -0.15) is 4.98 Å². The molecule has 0 amide bonds. The first-order valence-electron chi connectivity index (χ1n) is 5.96. The van der Waals surface area contributed by atoms with Crippen LogP contribution in [0.2, 0.25) is 0 Å². The standard InChI is InChI=1S/C11H15N5O2/c1-7-2-12-3-8(18-7)4-17-11-9-10(14-5-13-9)15-6-16-11/h5-8,12H,2-4H2,1H3,(H,13,14,15,16). The molecule has 0 radical (unpaired) electrons. The second-order valence-electron chi connectivity index (χ2n) is 4.32. The fourth-order valence-electron chi connectivity index (χ4n) is 1.99. The van der Waals surface area contributed by atoms with Crippen LogP contribution in [0.25, 0.3) is 11.2 Å². The van der Waals surface area contributed by atoms with Crippen LogP contribution in [0.4, 0.5) is 0 Å². The molecule has 0 saturated carbocycles. The first-order valence-corrected chi connectivity index (χ1v) is 5.96. The zero-order valence-electron chi connectivity index (χ0n) is 10.1. The fourth-order valence-corrected chi connectivity index (χ4v) is 1.99. The van der Waals surface area contributed by atoms with Crippen LogP contribution >= 0.6 is 0 Å². The number of aromatic amines is 1. The molecule has 1 saturated heterocycles. The number of nitrogens with one attached hydrogen (secondary N) is 2. The van der Waals surface area contributed by atoms with E-state index in [1.807, 2.05) is 6.92 Å². The Morgan fingerprint density at radius 3 is 3.22 bits per heavy atom. The van der Waals surface area contributed by atoms with E-state index in [0.29, 0.717) is 23.7 Å². The summed E-state index contributed by atoms with van der Waals surface area (Å²) < 4.78 is 11.4. The third kappa shape index (κ3) is 2.27. The van der Waals surface area contributed by atoms with Crippen LogP contribution in [-0.4, -0.2) is 51.8 Å². The van der Waals surface area contributed by atoms with E-state index in [9.17, 15) is 0 Å². The molecule has 7 heteroatoms. The number of H-pyrrole nitrogens is 1. The smallest absolute Gasteiger partial charge is 0.243 e. The Balaban J connectivity index is 1.67. The molecule has 3 heterocycles. The minimum absolute atomic E-state index is 0.0432. The van der Waals surface area contributed by atoms with Crippen molar-refractivity contribution in [2.24, 2.45) is 0 Å². The van der Waals surface area contributed by atoms with Gasteiger partial charge in [0.1, 0.15) is 24.6 Å². The lowest BCUT2D eigenvalue weighted by molar-refractivity contribution is -0.0474. The molecular weight excluding hydrogens is 234 g/mol. The Kier molecular flexibility index (Phi) is 3.07. The van der Waals surface area contributed by atoms with E-state index in [4.69, 9.17) is 9.47 Å². The minimum Gasteiger partial charge on any atom is -0.473 e. The predicted molar refractivity (Wildman–Crippen MR) is 64.4 cm³/mol. The number of hydrogen-bond acceptors (Lipinski definition) is 6. The van der Waals surface area contributed by atoms with Gasteiger partial charge in [-0.05, 0) is 6.92 Å². The Bertz CT molecular complexity index is 529. The molecule has 0 aliphatic carbocycles. The summed E-state index contributed by atoms with van der Waals surface area (Å²) in [5.74, 6) is 0.513. The van der Waals surface area contributed by atoms with Crippen molar-refractivity contribution >= 4 is 11.2 Å². The normalized spacial score (nSPS) is 24.3. The molecule has 18 heavy (non-hydrogen) atoms. The van der Waals surface area contributed by atoms with E-state index in [2.05, 4.69) is 25.3 Å². The van der Waals surface area contributed by atoms with Crippen LogP contribution in [0, 0.1) is 0 Å². The third-order valence-corrected chi connectivity index (χ3v) is 2.82. The molecule has 2 aromatic heterocycles. The van der Waals surface area contributed by atoms with Gasteiger partial charge in [0.05, 0.1) is 12.4 Å². The molecule has 2 N–H and O–H groups in total. The van der Waals surface area contributed by atoms with E-state index in [1.165, 1.54) is 6.33 Å². The largest absolute Gasteiger partial charge is 0.473 e. The summed E-state index contributed by atoms with van der Waals surface area (Å²) >= 11 is 0. The highest BCUT2D eigenvalue weighted by Gasteiger charge is 2.20. The van der Waals surface area contributed by atoms with Gasteiger partial charge in [0, 0.05) is 13.1 Å². The Morgan fingerprint density at radius 2 is 2.33 bits per heavy atom. The molecule has 2 unspecified atom stereocenters. The van der Waals surface area contributed by atoms with Crippen molar-refractivity contribution in [2.45, 2.75) is 19.1 Å². The van der Waals surface area contributed by atoms with E-state index in [0.717, 1.165) is 13.1 Å². The van der Waals surface area contributed by atoms with E-state index in [1.54, 1.807) is 6.33 Å². The van der Waals surface area contributed by atoms with E-state index >= 15 is 0 Å². The highest BCUT2D eigenvalue weighted by Crippen LogP contribution is 2.17. The zero-order chi connectivity index (χ0) is 12.4. The van der Waals surface area contributed by atoms with Crippen molar-refractivity contribution in [3.05, 3.63) is 12.7 Å². The number of morpholine rings is 1. The van der Waals surface area contributed by atoms with E-state index < -0.39 is 0 Å². The van der Waals surface area contributed by atoms with Crippen molar-refractivity contribution in [1.82, 2.24) is 25.3 Å². The molecule has 7 nitrogen and oxygen atoms in total. The second-order valence-corrected chi connectivity index (χ2v) is 4.32. The summed E-state index contributed by atoms with van der Waals surface area (Å²) in [7, 11) is 0. The molecule has 1 aliphatic rings. The number of rotatable bonds is 3. The fraction of sp³-hybridized carbons (Fsp3) is 0.545. The van der Waals surface area contributed by atoms with Crippen LogP contribution in [0.15, 0.2) is 12.7 Å². The summed E-state index contributed by atoms with van der Waals surface area (Å²) in [4.78, 5) is 15.2. The maximum Gasteiger partial charge on any atom is 0.243 e. The van der Waals surface area contributed by atoms with Gasteiger partial charge in [-0.25, -0.2) is 9.97 Å². The third-order valence-electron chi connectivity index (χ3n) is 2.82. The minimum atomic E-state index is 0.0432. The lowest BCUT2D eigenvalue weighted by atomic mass is 10.2. The van der Waals surface area contributed by atoms with Gasteiger partial charge in [-0.15, -0.1) is 0 Å². The predicted octanol–water partition coefficient (Wildman–Crippen LogP) is 0.109. The lowest BCUT2D eigenvalue weighted by Crippen LogP contribution is -2.45. The van der Waals surface area contributed by atoms with Crippen LogP contribution in [-0.2, 0) is 4.74 Å². The summed E-state index contributed by atoms with van der Waals surface area (Å²) in [5.41, 5.74) is 1.32. The number of ether oxygens (including phenoxy) is 2. The van der Waals surface area contributed by atoms with Crippen LogP contribution in [0.1, 0.15) is 6.92 Å². The number of hydrogen-bond donors (Lipinski definition) is 2. The molecule has 96 valence electrons. The molecule has 3 rings (SSSR count). The summed E-state index contributed by atoms with van der Waals surface area (Å²) in [6, 6.07) is 0. The summed E-state index contributed by atoms with van der Waals surface area (Å²) in [6.07, 6.45) is 3.28. The Hall–Kier alpha value is -1.73. The van der Waals surface area contributed by atoms with Crippen LogP contribution < -0.4 is 10.1 Å². The highest BCUT2D eigenvalue weighted by molar-refractivity contribution is 5.74. The summed E-state index contributed by atoms with van der Waals surface area (Å²) in [5, 5.41) is 3.30. The highest BCUT2D eigenvalue weighted by atomic mass is 16.5. The van der Waals surface area contributed by atoms with Gasteiger partial charge in [-0.1, -0.05) is 0 Å². The van der Waals surface area contributed by atoms with Gasteiger partial charge in [0.15, 0.2) is 5.65 Å². The molecule has 1 fully saturated rings. The number of fused-ring (bicyclic) bond motifs is 1. The van der Waals surface area contributed by atoms with E-state index in [-0.39, 0.29) is 12.2 Å². The molecule has 0 spiro atoms. The zero-order valence-corrected chi connectivity index (χ0v) is 10.1. The van der Waals surface area contributed by atoms with Gasteiger partial charge >= 0.3 is 0 Å². The van der Waals surface area contributed by atoms with Crippen molar-refractivity contribution < 1.29 is 9.47 Å². The van der Waals surface area contributed by atoms with Gasteiger partial charge < -0.3 is 19.8 Å². The second kappa shape index (κ2) is 4.87. The summed E-state index contributed by atoms with van der Waals surface area (Å²) in [6.45, 7) is 4.18. The number of nitrogens with zero attached hydrogens (tertiary/aromatic N) is 3. The Labute approximate surface area is 104 Å². The quantitative estimate of drug-likeness (QED) is 0.803. The lowest BCUT2D eigenvalue weighted by Gasteiger charge is -2.28. The van der Waals surface area contributed by atoms with Crippen molar-refractivity contribution in [1.29, 1.82) is 0 Å². The molecule has 2 aromatic rings. The molecule has 0 aromatic carbocycles. The number of imidazole rings is 1. The first-order chi connectivity index (χ1) is 8.83. The van der Waals surface area contributed by atoms with Gasteiger partial charge in [0.2, 0.25) is 5.88 Å². The SMILES string of the molecule is CC1CNCC(COc2ncnc3nc[nH]c23)O1. The Morgan fingerprint density at radius 1 is 1.39 bits per heavy atom. The molecule has 1 aliphatic heterocycles. The first kappa shape index (κ1) is 11.4. The number of aromatic nitrogens is 4. The average molecular weight is 249 g/mol. The van der Waals surface area contributed by atoms with Crippen molar-refractivity contribution in [3.8, 4) is 5.88 Å². The van der Waals surface area contributed by atoms with Crippen LogP contribution in [0.3, 0.4) is 0 Å². The topological polar surface area (TPSA) is 85.0 Å². The van der Waals surface area contributed by atoms with Gasteiger partial charge in [0.25, 0.3) is 0 Å². The maximum absolute atomic E-state index is 5.74. The molecule has 2 atom stereocenters. The molecular formula is C11H15N5O2. The maximum atomic E-state index is 5.74. The van der Waals surface area contributed by atoms with Crippen LogP contribution in [0.5, 0.6) is 5.88 Å². The van der Waals surface area contributed by atoms with Gasteiger partial charge in [-0.3, -0.25) is 0 Å². The average Bonchev–Trinajstić information content (AvgIpc) is 2.85. The molecule has 0 bridgehead atoms.